The molecule has 27 heavy (non-hydrogen) atoms. The van der Waals surface area contributed by atoms with E-state index in [1.54, 1.807) is 12.1 Å². The number of nitrogens with one attached hydrogen (secondary N) is 1. The molecule has 1 saturated heterocycles. The van der Waals surface area contributed by atoms with Crippen molar-refractivity contribution in [2.45, 2.75) is 58.9 Å². The van der Waals surface area contributed by atoms with E-state index < -0.39 is 0 Å². The maximum Gasteiger partial charge on any atom is 0.225 e. The molecule has 1 saturated carbocycles. The summed E-state index contributed by atoms with van der Waals surface area (Å²) in [6.07, 6.45) is 4.26. The molecule has 1 aliphatic heterocycles. The van der Waals surface area contributed by atoms with E-state index in [4.69, 9.17) is 0 Å². The molecule has 0 bridgehead atoms. The summed E-state index contributed by atoms with van der Waals surface area (Å²) in [4.78, 5) is 27.0. The van der Waals surface area contributed by atoms with Gasteiger partial charge in [0.25, 0.3) is 0 Å². The van der Waals surface area contributed by atoms with Crippen molar-refractivity contribution in [3.05, 3.63) is 35.6 Å². The molecule has 1 heterocycles. The van der Waals surface area contributed by atoms with Gasteiger partial charge in [-0.1, -0.05) is 32.9 Å². The minimum atomic E-state index is -0.271. The molecule has 1 atom stereocenters. The number of rotatable bonds is 5. The van der Waals surface area contributed by atoms with Crippen LogP contribution >= 0.6 is 0 Å². The lowest BCUT2D eigenvalue weighted by Gasteiger charge is -2.33. The van der Waals surface area contributed by atoms with Gasteiger partial charge in [-0.2, -0.15) is 0 Å². The van der Waals surface area contributed by atoms with Gasteiger partial charge in [-0.05, 0) is 55.2 Å². The third-order valence-electron chi connectivity index (χ3n) is 5.51. The number of likely N-dealkylation sites (tertiary alicyclic amines) is 1. The normalized spacial score (nSPS) is 19.6. The minimum absolute atomic E-state index is 0.0341. The zero-order chi connectivity index (χ0) is 19.6. The second-order valence-electron chi connectivity index (χ2n) is 9.25. The number of carbonyl (C=O) groups excluding carboxylic acids is 2. The molecule has 148 valence electrons. The Morgan fingerprint density at radius 3 is 2.19 bits per heavy atom. The van der Waals surface area contributed by atoms with Gasteiger partial charge in [0.05, 0.1) is 6.04 Å². The number of hydrogen-bond acceptors (Lipinski definition) is 2. The predicted octanol–water partition coefficient (Wildman–Crippen LogP) is 4.07. The second kappa shape index (κ2) is 7.99. The van der Waals surface area contributed by atoms with Crippen LogP contribution in [0.1, 0.15) is 64.5 Å². The lowest BCUT2D eigenvalue weighted by Crippen LogP contribution is -2.44. The molecular formula is C22H31FN2O2. The van der Waals surface area contributed by atoms with E-state index in [-0.39, 0.29) is 40.9 Å². The van der Waals surface area contributed by atoms with Gasteiger partial charge in [-0.3, -0.25) is 9.59 Å². The van der Waals surface area contributed by atoms with Crippen molar-refractivity contribution in [1.29, 1.82) is 0 Å². The van der Waals surface area contributed by atoms with Gasteiger partial charge in [-0.15, -0.1) is 0 Å². The molecule has 2 aliphatic rings. The Morgan fingerprint density at radius 2 is 1.67 bits per heavy atom. The van der Waals surface area contributed by atoms with Crippen LogP contribution in [0.2, 0.25) is 0 Å². The third kappa shape index (κ3) is 5.53. The van der Waals surface area contributed by atoms with E-state index in [1.165, 1.54) is 12.1 Å². The van der Waals surface area contributed by atoms with Gasteiger partial charge >= 0.3 is 0 Å². The highest BCUT2D eigenvalue weighted by Gasteiger charge is 2.36. The van der Waals surface area contributed by atoms with Crippen LogP contribution in [0.25, 0.3) is 0 Å². The van der Waals surface area contributed by atoms with Crippen molar-refractivity contribution in [2.24, 2.45) is 17.3 Å². The first kappa shape index (κ1) is 19.8. The zero-order valence-corrected chi connectivity index (χ0v) is 16.6. The summed E-state index contributed by atoms with van der Waals surface area (Å²) in [5, 5.41) is 3.19. The van der Waals surface area contributed by atoms with E-state index in [2.05, 4.69) is 26.1 Å². The highest BCUT2D eigenvalue weighted by Crippen LogP contribution is 2.33. The van der Waals surface area contributed by atoms with E-state index in [0.29, 0.717) is 13.1 Å². The maximum absolute atomic E-state index is 13.3. The monoisotopic (exact) mass is 374 g/mol. The Balaban J connectivity index is 1.60. The molecular weight excluding hydrogens is 343 g/mol. The summed E-state index contributed by atoms with van der Waals surface area (Å²) >= 11 is 0. The Kier molecular flexibility index (Phi) is 5.87. The number of amides is 2. The molecule has 0 radical (unpaired) electrons. The molecule has 3 rings (SSSR count). The van der Waals surface area contributed by atoms with Crippen molar-refractivity contribution in [3.8, 4) is 0 Å². The number of nitrogens with zero attached hydrogens (tertiary/aromatic N) is 1. The number of hydrogen-bond donors (Lipinski definition) is 1. The lowest BCUT2D eigenvalue weighted by atomic mass is 9.85. The zero-order valence-electron chi connectivity index (χ0n) is 16.6. The summed E-state index contributed by atoms with van der Waals surface area (Å²) < 4.78 is 13.3. The molecule has 2 fully saturated rings. The van der Waals surface area contributed by atoms with Gasteiger partial charge in [0.15, 0.2) is 0 Å². The van der Waals surface area contributed by atoms with Crippen LogP contribution in [-0.2, 0) is 9.59 Å². The summed E-state index contributed by atoms with van der Waals surface area (Å²) in [6, 6.07) is 6.26. The molecule has 1 aromatic carbocycles. The lowest BCUT2D eigenvalue weighted by molar-refractivity contribution is -0.136. The second-order valence-corrected chi connectivity index (χ2v) is 9.25. The molecule has 2 amide bonds. The fraction of sp³-hybridized carbons (Fsp3) is 0.636. The van der Waals surface area contributed by atoms with Gasteiger partial charge in [0.1, 0.15) is 5.82 Å². The predicted molar refractivity (Wildman–Crippen MR) is 103 cm³/mol. The van der Waals surface area contributed by atoms with Crippen molar-refractivity contribution < 1.29 is 14.0 Å². The Bertz CT molecular complexity index is 669. The van der Waals surface area contributed by atoms with E-state index in [0.717, 1.165) is 37.7 Å². The summed E-state index contributed by atoms with van der Waals surface area (Å²) in [5.41, 5.74) is 0.966. The molecule has 4 nitrogen and oxygen atoms in total. The number of piperidine rings is 1. The van der Waals surface area contributed by atoms with Gasteiger partial charge < -0.3 is 10.2 Å². The standard InChI is InChI=1S/C22H31FN2O2/c1-22(2,3)14-19(15-6-8-18(23)9-7-15)24-20(26)16-10-12-25(13-11-16)21(27)17-4-5-17/h6-9,16-17,19H,4-5,10-14H2,1-3H3,(H,24,26). The fourth-order valence-corrected chi connectivity index (χ4v) is 3.80. The van der Waals surface area contributed by atoms with E-state index >= 15 is 0 Å². The van der Waals surface area contributed by atoms with Crippen LogP contribution in [0.15, 0.2) is 24.3 Å². The van der Waals surface area contributed by atoms with E-state index in [1.807, 2.05) is 4.90 Å². The van der Waals surface area contributed by atoms with Crippen LogP contribution < -0.4 is 5.32 Å². The fourth-order valence-electron chi connectivity index (χ4n) is 3.80. The van der Waals surface area contributed by atoms with Crippen molar-refractivity contribution in [1.82, 2.24) is 10.2 Å². The van der Waals surface area contributed by atoms with Crippen molar-refractivity contribution in [2.75, 3.05) is 13.1 Å². The molecule has 1 N–H and O–H groups in total. The summed E-state index contributed by atoms with van der Waals surface area (Å²) in [7, 11) is 0. The van der Waals surface area contributed by atoms with Gasteiger partial charge in [-0.25, -0.2) is 4.39 Å². The summed E-state index contributed by atoms with van der Waals surface area (Å²) in [6.45, 7) is 7.76. The largest absolute Gasteiger partial charge is 0.349 e. The minimum Gasteiger partial charge on any atom is -0.349 e. The number of benzene rings is 1. The average Bonchev–Trinajstić information content (AvgIpc) is 3.45. The third-order valence-corrected chi connectivity index (χ3v) is 5.51. The topological polar surface area (TPSA) is 49.4 Å². The molecule has 0 aromatic heterocycles. The molecule has 1 aromatic rings. The molecule has 0 spiro atoms. The smallest absolute Gasteiger partial charge is 0.225 e. The number of halogens is 1. The van der Waals surface area contributed by atoms with Crippen molar-refractivity contribution >= 4 is 11.8 Å². The van der Waals surface area contributed by atoms with Crippen LogP contribution in [0, 0.1) is 23.1 Å². The Morgan fingerprint density at radius 1 is 1.07 bits per heavy atom. The highest BCUT2D eigenvalue weighted by molar-refractivity contribution is 5.82. The first-order valence-electron chi connectivity index (χ1n) is 10.1. The molecule has 5 heteroatoms. The number of carbonyl (C=O) groups is 2. The van der Waals surface area contributed by atoms with Crippen molar-refractivity contribution in [3.63, 3.8) is 0 Å². The highest BCUT2D eigenvalue weighted by atomic mass is 19.1. The quantitative estimate of drug-likeness (QED) is 0.845. The van der Waals surface area contributed by atoms with Crippen LogP contribution in [-0.4, -0.2) is 29.8 Å². The van der Waals surface area contributed by atoms with Gasteiger partial charge in [0.2, 0.25) is 11.8 Å². The Labute approximate surface area is 161 Å². The first-order valence-corrected chi connectivity index (χ1v) is 10.1. The van der Waals surface area contributed by atoms with Gasteiger partial charge in [0, 0.05) is 24.9 Å². The first-order chi connectivity index (χ1) is 12.7. The SMILES string of the molecule is CC(C)(C)CC(NC(=O)C1CCN(C(=O)C2CC2)CC1)c1ccc(F)cc1. The Hall–Kier alpha value is -1.91. The van der Waals surface area contributed by atoms with E-state index in [9.17, 15) is 14.0 Å². The van der Waals surface area contributed by atoms with Crippen LogP contribution in [0.3, 0.4) is 0 Å². The average molecular weight is 375 g/mol. The summed E-state index contributed by atoms with van der Waals surface area (Å²) in [5.74, 6) is 0.228. The van der Waals surface area contributed by atoms with Crippen LogP contribution in [0.5, 0.6) is 0 Å². The molecule has 1 unspecified atom stereocenters. The van der Waals surface area contributed by atoms with Crippen LogP contribution in [0.4, 0.5) is 4.39 Å². The maximum atomic E-state index is 13.3. The molecule has 1 aliphatic carbocycles.